The molecule has 2 fully saturated rings. The summed E-state index contributed by atoms with van der Waals surface area (Å²) in [4.78, 5) is 7.05. The second kappa shape index (κ2) is 5.11. The lowest BCUT2D eigenvalue weighted by Gasteiger charge is -2.46. The maximum absolute atomic E-state index is 4.47. The molecule has 3 rings (SSSR count). The fourth-order valence-electron chi connectivity index (χ4n) is 3.12. The number of nitrogens with zero attached hydrogens (tertiary/aromatic N) is 4. The summed E-state index contributed by atoms with van der Waals surface area (Å²) in [6.07, 6.45) is 4.48. The average Bonchev–Trinajstić information content (AvgIpc) is 3.11. The van der Waals surface area contributed by atoms with E-state index >= 15 is 0 Å². The topological polar surface area (TPSA) is 46.0 Å². The van der Waals surface area contributed by atoms with Gasteiger partial charge in [-0.3, -0.25) is 4.90 Å². The number of aromatic nitrogens is 3. The monoisotopic (exact) mass is 277 g/mol. The van der Waals surface area contributed by atoms with Crippen molar-refractivity contribution in [3.63, 3.8) is 0 Å². The molecule has 1 aromatic rings. The fraction of sp³-hybridized carbons (Fsp3) is 0.867. The molecule has 1 saturated carbocycles. The van der Waals surface area contributed by atoms with Crippen molar-refractivity contribution >= 4 is 0 Å². The molecule has 5 nitrogen and oxygen atoms in total. The van der Waals surface area contributed by atoms with Crippen LogP contribution >= 0.6 is 0 Å². The number of rotatable bonds is 4. The first-order valence-electron chi connectivity index (χ1n) is 7.84. The van der Waals surface area contributed by atoms with Crippen LogP contribution in [0.5, 0.6) is 0 Å². The molecule has 1 aliphatic heterocycles. The lowest BCUT2D eigenvalue weighted by molar-refractivity contribution is 0.0494. The van der Waals surface area contributed by atoms with Crippen LogP contribution in [0.15, 0.2) is 6.33 Å². The molecule has 20 heavy (non-hydrogen) atoms. The molecule has 1 aromatic heterocycles. The van der Waals surface area contributed by atoms with Crippen molar-refractivity contribution in [2.45, 2.75) is 64.7 Å². The van der Waals surface area contributed by atoms with Gasteiger partial charge in [0.05, 0.1) is 6.54 Å². The van der Waals surface area contributed by atoms with Crippen LogP contribution in [0.4, 0.5) is 0 Å². The van der Waals surface area contributed by atoms with Gasteiger partial charge in [0.25, 0.3) is 0 Å². The predicted molar refractivity (Wildman–Crippen MR) is 79.4 cm³/mol. The van der Waals surface area contributed by atoms with E-state index in [0.717, 1.165) is 31.4 Å². The Bertz CT molecular complexity index is 461. The largest absolute Gasteiger partial charge is 0.311 e. The standard InChI is InChI=1S/C15H27N5/c1-11(2)20-14(17-10-18-20)8-19-7-13(12-5-6-12)16-9-15(19,3)4/h10-13,16H,5-9H2,1-4H3. The second-order valence-corrected chi connectivity index (χ2v) is 7.23. The number of hydrogen-bond acceptors (Lipinski definition) is 4. The van der Waals surface area contributed by atoms with Crippen LogP contribution in [0.1, 0.15) is 52.4 Å². The summed E-state index contributed by atoms with van der Waals surface area (Å²) in [7, 11) is 0. The molecule has 0 amide bonds. The molecule has 0 aromatic carbocycles. The van der Waals surface area contributed by atoms with Crippen LogP contribution < -0.4 is 5.32 Å². The smallest absolute Gasteiger partial charge is 0.141 e. The Hall–Kier alpha value is -0.940. The summed E-state index contributed by atoms with van der Waals surface area (Å²) in [6.45, 7) is 12.0. The first kappa shape index (κ1) is 14.0. The third-order valence-electron chi connectivity index (χ3n) is 4.73. The summed E-state index contributed by atoms with van der Waals surface area (Å²) in [5.74, 6) is 1.99. The van der Waals surface area contributed by atoms with Crippen molar-refractivity contribution in [1.82, 2.24) is 25.0 Å². The van der Waals surface area contributed by atoms with E-state index in [0.29, 0.717) is 12.1 Å². The number of piperazine rings is 1. The number of nitrogens with one attached hydrogen (secondary N) is 1. The van der Waals surface area contributed by atoms with Crippen LogP contribution in [-0.2, 0) is 6.54 Å². The van der Waals surface area contributed by atoms with E-state index in [9.17, 15) is 0 Å². The van der Waals surface area contributed by atoms with Crippen molar-refractivity contribution in [3.8, 4) is 0 Å². The van der Waals surface area contributed by atoms with E-state index in [1.807, 2.05) is 4.68 Å². The minimum atomic E-state index is 0.180. The maximum atomic E-state index is 4.47. The van der Waals surface area contributed by atoms with E-state index in [1.54, 1.807) is 6.33 Å². The first-order valence-corrected chi connectivity index (χ1v) is 7.84. The fourth-order valence-corrected chi connectivity index (χ4v) is 3.12. The Morgan fingerprint density at radius 3 is 2.80 bits per heavy atom. The molecule has 1 saturated heterocycles. The van der Waals surface area contributed by atoms with Crippen molar-refractivity contribution in [3.05, 3.63) is 12.2 Å². The highest BCUT2D eigenvalue weighted by Gasteiger charge is 2.40. The predicted octanol–water partition coefficient (Wildman–Crippen LogP) is 1.82. The van der Waals surface area contributed by atoms with Gasteiger partial charge in [0, 0.05) is 30.7 Å². The zero-order valence-electron chi connectivity index (χ0n) is 13.1. The molecule has 0 bridgehead atoms. The minimum Gasteiger partial charge on any atom is -0.311 e. The van der Waals surface area contributed by atoms with Gasteiger partial charge in [0.1, 0.15) is 12.2 Å². The van der Waals surface area contributed by atoms with Gasteiger partial charge in [-0.15, -0.1) is 0 Å². The highest BCUT2D eigenvalue weighted by Crippen LogP contribution is 2.36. The van der Waals surface area contributed by atoms with Crippen LogP contribution in [0, 0.1) is 5.92 Å². The van der Waals surface area contributed by atoms with Crippen molar-refractivity contribution in [2.75, 3.05) is 13.1 Å². The molecule has 0 radical (unpaired) electrons. The molecule has 0 spiro atoms. The summed E-state index contributed by atoms with van der Waals surface area (Å²) >= 11 is 0. The molecule has 1 unspecified atom stereocenters. The molecule has 5 heteroatoms. The van der Waals surface area contributed by atoms with E-state index in [4.69, 9.17) is 0 Å². The zero-order chi connectivity index (χ0) is 14.3. The van der Waals surface area contributed by atoms with Gasteiger partial charge in [-0.05, 0) is 46.5 Å². The van der Waals surface area contributed by atoms with Gasteiger partial charge >= 0.3 is 0 Å². The third-order valence-corrected chi connectivity index (χ3v) is 4.73. The van der Waals surface area contributed by atoms with Gasteiger partial charge in [-0.1, -0.05) is 0 Å². The molecular formula is C15H27N5. The highest BCUT2D eigenvalue weighted by molar-refractivity contribution is 5.00. The lowest BCUT2D eigenvalue weighted by Crippen LogP contribution is -2.62. The second-order valence-electron chi connectivity index (χ2n) is 7.23. The highest BCUT2D eigenvalue weighted by atomic mass is 15.4. The summed E-state index contributed by atoms with van der Waals surface area (Å²) < 4.78 is 2.05. The quantitative estimate of drug-likeness (QED) is 0.912. The molecule has 2 aliphatic rings. The van der Waals surface area contributed by atoms with Crippen molar-refractivity contribution < 1.29 is 0 Å². The lowest BCUT2D eigenvalue weighted by atomic mass is 9.95. The SMILES string of the molecule is CC(C)n1ncnc1CN1CC(C2CC2)NCC1(C)C. The zero-order valence-corrected chi connectivity index (χ0v) is 13.1. The summed E-state index contributed by atoms with van der Waals surface area (Å²) in [5, 5.41) is 8.09. The Morgan fingerprint density at radius 2 is 2.15 bits per heavy atom. The average molecular weight is 277 g/mol. The normalized spacial score (nSPS) is 27.1. The van der Waals surface area contributed by atoms with E-state index in [2.05, 4.69) is 48.0 Å². The number of hydrogen-bond donors (Lipinski definition) is 1. The van der Waals surface area contributed by atoms with E-state index < -0.39 is 0 Å². The Kier molecular flexibility index (Phi) is 3.58. The van der Waals surface area contributed by atoms with Crippen molar-refractivity contribution in [1.29, 1.82) is 0 Å². The van der Waals surface area contributed by atoms with Crippen LogP contribution in [0.3, 0.4) is 0 Å². The van der Waals surface area contributed by atoms with Gasteiger partial charge in [0.2, 0.25) is 0 Å². The van der Waals surface area contributed by atoms with Gasteiger partial charge in [-0.25, -0.2) is 9.67 Å². The molecule has 1 atom stereocenters. The molecular weight excluding hydrogens is 250 g/mol. The third kappa shape index (κ3) is 2.74. The molecule has 112 valence electrons. The summed E-state index contributed by atoms with van der Waals surface area (Å²) in [5.41, 5.74) is 0.180. The Labute approximate surface area is 121 Å². The van der Waals surface area contributed by atoms with Gasteiger partial charge in [0.15, 0.2) is 0 Å². The maximum Gasteiger partial charge on any atom is 0.141 e. The van der Waals surface area contributed by atoms with E-state index in [1.165, 1.54) is 12.8 Å². The minimum absolute atomic E-state index is 0.180. The molecule has 1 N–H and O–H groups in total. The molecule has 1 aliphatic carbocycles. The van der Waals surface area contributed by atoms with Gasteiger partial charge in [-0.2, -0.15) is 5.10 Å². The Morgan fingerprint density at radius 1 is 1.40 bits per heavy atom. The van der Waals surface area contributed by atoms with E-state index in [-0.39, 0.29) is 5.54 Å². The first-order chi connectivity index (χ1) is 9.47. The Balaban J connectivity index is 1.74. The van der Waals surface area contributed by atoms with Crippen LogP contribution in [-0.4, -0.2) is 44.3 Å². The van der Waals surface area contributed by atoms with Crippen LogP contribution in [0.2, 0.25) is 0 Å². The van der Waals surface area contributed by atoms with Gasteiger partial charge < -0.3 is 5.32 Å². The van der Waals surface area contributed by atoms with Crippen LogP contribution in [0.25, 0.3) is 0 Å². The van der Waals surface area contributed by atoms with Crippen molar-refractivity contribution in [2.24, 2.45) is 5.92 Å². The summed E-state index contributed by atoms with van der Waals surface area (Å²) in [6, 6.07) is 1.04. The molecule has 2 heterocycles.